The lowest BCUT2D eigenvalue weighted by atomic mass is 10.1. The zero-order valence-corrected chi connectivity index (χ0v) is 18.2. The Bertz CT molecular complexity index is 979. The Hall–Kier alpha value is -2.25. The van der Waals surface area contributed by atoms with Gasteiger partial charge in [-0.2, -0.15) is 0 Å². The van der Waals surface area contributed by atoms with Crippen LogP contribution in [-0.2, 0) is 4.79 Å². The number of carbonyl (C=O) groups is 1. The fraction of sp³-hybridized carbons (Fsp3) is 0.364. The van der Waals surface area contributed by atoms with Crippen LogP contribution in [0.4, 0.5) is 0 Å². The Morgan fingerprint density at radius 3 is 2.66 bits per heavy atom. The average molecular weight is 429 g/mol. The fourth-order valence-electron chi connectivity index (χ4n) is 3.39. The molecule has 1 aromatic heterocycles. The van der Waals surface area contributed by atoms with Gasteiger partial charge in [0.25, 0.3) is 5.19 Å². The van der Waals surface area contributed by atoms with E-state index in [0.717, 1.165) is 52.0 Å². The topological polar surface area (TPSA) is 51.7 Å². The molecule has 2 aromatic carbocycles. The molecular weight excluding hydrogens is 404 g/mol. The Morgan fingerprint density at radius 2 is 1.97 bits per heavy atom. The molecule has 5 nitrogen and oxygen atoms in total. The van der Waals surface area contributed by atoms with Crippen LogP contribution in [0.2, 0.25) is 0 Å². The number of methoxy groups -OCH3 is 1. The van der Waals surface area contributed by atoms with Crippen LogP contribution >= 0.6 is 23.1 Å². The summed E-state index contributed by atoms with van der Waals surface area (Å²) in [5.41, 5.74) is 2.19. The smallest absolute Gasteiger partial charge is 0.274 e. The molecule has 0 radical (unpaired) electrons. The molecule has 4 rings (SSSR count). The van der Waals surface area contributed by atoms with Crippen LogP contribution in [0, 0.1) is 6.92 Å². The number of thiazole rings is 1. The van der Waals surface area contributed by atoms with Crippen molar-refractivity contribution < 1.29 is 14.3 Å². The van der Waals surface area contributed by atoms with Crippen molar-refractivity contribution in [3.8, 4) is 10.9 Å². The van der Waals surface area contributed by atoms with Gasteiger partial charge in [0, 0.05) is 30.8 Å². The molecule has 0 saturated carbocycles. The molecule has 1 saturated heterocycles. The monoisotopic (exact) mass is 428 g/mol. The zero-order valence-electron chi connectivity index (χ0n) is 16.6. The molecule has 152 valence electrons. The number of nitrogens with zero attached hydrogens (tertiary/aromatic N) is 2. The maximum absolute atomic E-state index is 12.5. The minimum atomic E-state index is 0.120. The van der Waals surface area contributed by atoms with Crippen LogP contribution in [0.1, 0.15) is 18.4 Å². The number of hydrogen-bond donors (Lipinski definition) is 0. The molecule has 1 aliphatic heterocycles. The molecule has 0 unspecified atom stereocenters. The van der Waals surface area contributed by atoms with Gasteiger partial charge in [0.15, 0.2) is 0 Å². The first kappa shape index (κ1) is 20.0. The molecule has 0 aliphatic carbocycles. The molecule has 1 aliphatic rings. The van der Waals surface area contributed by atoms with E-state index in [1.165, 1.54) is 5.56 Å². The number of hydrogen-bond acceptors (Lipinski definition) is 6. The van der Waals surface area contributed by atoms with Gasteiger partial charge in [-0.3, -0.25) is 4.79 Å². The van der Waals surface area contributed by atoms with Gasteiger partial charge in [-0.25, -0.2) is 4.98 Å². The van der Waals surface area contributed by atoms with E-state index in [9.17, 15) is 4.79 Å². The van der Waals surface area contributed by atoms with Gasteiger partial charge in [0.2, 0.25) is 5.91 Å². The number of piperidine rings is 1. The number of aromatic nitrogens is 1. The summed E-state index contributed by atoms with van der Waals surface area (Å²) in [4.78, 5) is 20.2. The van der Waals surface area contributed by atoms with Crippen LogP contribution in [0.5, 0.6) is 10.9 Å². The number of para-hydroxylation sites is 1. The van der Waals surface area contributed by atoms with Gasteiger partial charge in [-0.05, 0) is 42.8 Å². The Balaban J connectivity index is 1.25. The van der Waals surface area contributed by atoms with Crippen LogP contribution < -0.4 is 9.47 Å². The van der Waals surface area contributed by atoms with Crippen molar-refractivity contribution in [3.63, 3.8) is 0 Å². The fourth-order valence-corrected chi connectivity index (χ4v) is 5.15. The summed E-state index contributed by atoms with van der Waals surface area (Å²) >= 11 is 3.16. The second kappa shape index (κ2) is 9.05. The number of carbonyl (C=O) groups excluding carboxylic acids is 1. The van der Waals surface area contributed by atoms with E-state index in [1.54, 1.807) is 30.2 Å². The van der Waals surface area contributed by atoms with Crippen molar-refractivity contribution >= 4 is 39.2 Å². The maximum atomic E-state index is 12.5. The molecule has 7 heteroatoms. The lowest BCUT2D eigenvalue weighted by molar-refractivity contribution is -0.130. The van der Waals surface area contributed by atoms with Gasteiger partial charge in [-0.15, -0.1) is 11.8 Å². The predicted molar refractivity (Wildman–Crippen MR) is 118 cm³/mol. The summed E-state index contributed by atoms with van der Waals surface area (Å²) in [6.45, 7) is 3.53. The third-order valence-electron chi connectivity index (χ3n) is 5.09. The molecule has 2 heterocycles. The zero-order chi connectivity index (χ0) is 20.2. The summed E-state index contributed by atoms with van der Waals surface area (Å²) in [7, 11) is 1.65. The summed E-state index contributed by atoms with van der Waals surface area (Å²) in [6.07, 6.45) is 1.80. The van der Waals surface area contributed by atoms with E-state index >= 15 is 0 Å². The first-order valence-corrected chi connectivity index (χ1v) is 11.5. The summed E-state index contributed by atoms with van der Waals surface area (Å²) in [5.74, 6) is 1.46. The maximum Gasteiger partial charge on any atom is 0.274 e. The van der Waals surface area contributed by atoms with Gasteiger partial charge in [0.05, 0.1) is 23.1 Å². The molecule has 0 N–H and O–H groups in total. The molecular formula is C22H24N2O3S2. The number of rotatable bonds is 6. The van der Waals surface area contributed by atoms with Gasteiger partial charge in [0.1, 0.15) is 11.9 Å². The predicted octanol–water partition coefficient (Wildman–Crippen LogP) is 4.78. The van der Waals surface area contributed by atoms with Crippen molar-refractivity contribution in [3.05, 3.63) is 48.0 Å². The molecule has 0 spiro atoms. The van der Waals surface area contributed by atoms with Gasteiger partial charge < -0.3 is 14.4 Å². The first-order chi connectivity index (χ1) is 14.1. The molecule has 3 aromatic rings. The van der Waals surface area contributed by atoms with E-state index in [0.29, 0.717) is 5.75 Å². The third-order valence-corrected chi connectivity index (χ3v) is 6.99. The SMILES string of the molecule is COc1ccc(SCC(=O)N2CCC(Oc3nc4c(C)cccc4s3)CC2)cc1. The van der Waals surface area contributed by atoms with Crippen LogP contribution in [0.3, 0.4) is 0 Å². The summed E-state index contributed by atoms with van der Waals surface area (Å²) in [5, 5.41) is 0.731. The van der Waals surface area contributed by atoms with Crippen LogP contribution in [0.25, 0.3) is 10.2 Å². The van der Waals surface area contributed by atoms with Gasteiger partial charge >= 0.3 is 0 Å². The Labute approximate surface area is 179 Å². The Morgan fingerprint density at radius 1 is 1.21 bits per heavy atom. The summed E-state index contributed by atoms with van der Waals surface area (Å²) < 4.78 is 12.4. The van der Waals surface area contributed by atoms with E-state index in [2.05, 4.69) is 24.0 Å². The van der Waals surface area contributed by atoms with Crippen LogP contribution in [0.15, 0.2) is 47.4 Å². The van der Waals surface area contributed by atoms with E-state index in [4.69, 9.17) is 9.47 Å². The number of likely N-dealkylation sites (tertiary alicyclic amines) is 1. The van der Waals surface area contributed by atoms with E-state index in [1.807, 2.05) is 35.2 Å². The second-order valence-electron chi connectivity index (χ2n) is 7.06. The molecule has 29 heavy (non-hydrogen) atoms. The van der Waals surface area contributed by atoms with E-state index in [-0.39, 0.29) is 12.0 Å². The number of thioether (sulfide) groups is 1. The first-order valence-electron chi connectivity index (χ1n) is 9.70. The third kappa shape index (κ3) is 4.85. The summed E-state index contributed by atoms with van der Waals surface area (Å²) in [6, 6.07) is 14.0. The van der Waals surface area contributed by atoms with E-state index < -0.39 is 0 Å². The minimum absolute atomic E-state index is 0.120. The van der Waals surface area contributed by atoms with Crippen molar-refractivity contribution in [1.29, 1.82) is 0 Å². The molecule has 1 amide bonds. The highest BCUT2D eigenvalue weighted by atomic mass is 32.2. The molecule has 0 bridgehead atoms. The lowest BCUT2D eigenvalue weighted by Gasteiger charge is -2.31. The highest BCUT2D eigenvalue weighted by molar-refractivity contribution is 8.00. The normalized spacial score (nSPS) is 14.9. The van der Waals surface area contributed by atoms with Crippen molar-refractivity contribution in [2.75, 3.05) is 26.0 Å². The largest absolute Gasteiger partial charge is 0.497 e. The number of ether oxygens (including phenoxy) is 2. The number of aryl methyl sites for hydroxylation is 1. The van der Waals surface area contributed by atoms with Gasteiger partial charge in [-0.1, -0.05) is 23.5 Å². The average Bonchev–Trinajstić information content (AvgIpc) is 3.17. The quantitative estimate of drug-likeness (QED) is 0.529. The highest BCUT2D eigenvalue weighted by Gasteiger charge is 2.24. The van der Waals surface area contributed by atoms with Crippen LogP contribution in [-0.4, -0.2) is 47.8 Å². The standard InChI is InChI=1S/C22H24N2O3S2/c1-15-4-3-5-19-21(15)23-22(29-19)27-17-10-12-24(13-11-17)20(25)14-28-18-8-6-16(26-2)7-9-18/h3-9,17H,10-14H2,1-2H3. The van der Waals surface area contributed by atoms with Crippen molar-refractivity contribution in [2.45, 2.75) is 30.8 Å². The number of fused-ring (bicyclic) bond motifs is 1. The lowest BCUT2D eigenvalue weighted by Crippen LogP contribution is -2.42. The minimum Gasteiger partial charge on any atom is -0.497 e. The molecule has 1 fully saturated rings. The van der Waals surface area contributed by atoms with Crippen molar-refractivity contribution in [2.24, 2.45) is 0 Å². The number of amides is 1. The second-order valence-corrected chi connectivity index (χ2v) is 9.11. The number of benzene rings is 2. The Kier molecular flexibility index (Phi) is 6.25. The molecule has 0 atom stereocenters. The highest BCUT2D eigenvalue weighted by Crippen LogP contribution is 2.31. The van der Waals surface area contributed by atoms with Crippen molar-refractivity contribution in [1.82, 2.24) is 9.88 Å².